The van der Waals surface area contributed by atoms with Gasteiger partial charge in [-0.2, -0.15) is 0 Å². The molecule has 3 rings (SSSR count). The van der Waals surface area contributed by atoms with Gasteiger partial charge in [-0.25, -0.2) is 22.0 Å². The predicted molar refractivity (Wildman–Crippen MR) is 139 cm³/mol. The molecular formula is C25H30N2O6SSi. The zero-order valence-electron chi connectivity index (χ0n) is 20.3. The number of esters is 2. The molecule has 0 unspecified atom stereocenters. The van der Waals surface area contributed by atoms with Crippen molar-refractivity contribution in [3.63, 3.8) is 0 Å². The van der Waals surface area contributed by atoms with Gasteiger partial charge in [0.25, 0.3) is 0 Å². The van der Waals surface area contributed by atoms with E-state index in [2.05, 4.69) is 19.6 Å². The highest BCUT2D eigenvalue weighted by molar-refractivity contribution is 7.90. The number of nitrogens with two attached hydrogens (primary N) is 1. The Bertz CT molecular complexity index is 1370. The minimum absolute atomic E-state index is 0.0371. The first-order valence-electron chi connectivity index (χ1n) is 11.1. The summed E-state index contributed by atoms with van der Waals surface area (Å²) in [5, 5.41) is 0.601. The van der Waals surface area contributed by atoms with Crippen LogP contribution in [0.15, 0.2) is 66.4 Å². The van der Waals surface area contributed by atoms with E-state index in [-0.39, 0.29) is 18.1 Å². The zero-order valence-corrected chi connectivity index (χ0v) is 22.1. The summed E-state index contributed by atoms with van der Waals surface area (Å²) in [5.74, 6) is -1.77. The summed E-state index contributed by atoms with van der Waals surface area (Å²) in [6.45, 7) is 6.34. The lowest BCUT2D eigenvalue weighted by Crippen LogP contribution is -2.26. The standard InChI is InChI=1S/C25H30N2O6SSi/c1-32-24(28)22(25(29)33-17-18-8-6-5-7-9-18)23(26)20-10-11-21-19(16-20)12-13-27(21)34(30,31)14-15-35(2,3)4/h5-13,16H,14-15,17,26H2,1-4H3. The summed E-state index contributed by atoms with van der Waals surface area (Å²) in [6.07, 6.45) is 1.50. The topological polar surface area (TPSA) is 118 Å². The summed E-state index contributed by atoms with van der Waals surface area (Å²) < 4.78 is 37.1. The van der Waals surface area contributed by atoms with Crippen LogP contribution in [0.5, 0.6) is 0 Å². The van der Waals surface area contributed by atoms with Gasteiger partial charge in [0.1, 0.15) is 6.61 Å². The average molecular weight is 515 g/mol. The number of hydrogen-bond acceptors (Lipinski definition) is 7. The van der Waals surface area contributed by atoms with Gasteiger partial charge in [0.15, 0.2) is 5.57 Å². The first-order valence-corrected chi connectivity index (χ1v) is 16.4. The number of ether oxygens (including phenoxy) is 2. The maximum atomic E-state index is 12.9. The Kier molecular flexibility index (Phi) is 7.86. The highest BCUT2D eigenvalue weighted by Gasteiger charge is 2.26. The minimum atomic E-state index is -3.53. The molecule has 35 heavy (non-hydrogen) atoms. The van der Waals surface area contributed by atoms with E-state index in [1.165, 1.54) is 10.2 Å². The third-order valence-corrected chi connectivity index (χ3v) is 9.20. The normalized spacial score (nSPS) is 12.8. The molecule has 0 atom stereocenters. The Hall–Kier alpha value is -3.37. The summed E-state index contributed by atoms with van der Waals surface area (Å²) >= 11 is 0. The highest BCUT2D eigenvalue weighted by Crippen LogP contribution is 2.25. The van der Waals surface area contributed by atoms with Crippen LogP contribution in [0.3, 0.4) is 0 Å². The fourth-order valence-electron chi connectivity index (χ4n) is 3.41. The largest absolute Gasteiger partial charge is 0.465 e. The van der Waals surface area contributed by atoms with Crippen molar-refractivity contribution in [1.82, 2.24) is 3.97 Å². The Morgan fingerprint density at radius 1 is 1.00 bits per heavy atom. The molecule has 0 aliphatic rings. The number of methoxy groups -OCH3 is 1. The quantitative estimate of drug-likeness (QED) is 0.152. The van der Waals surface area contributed by atoms with E-state index < -0.39 is 35.6 Å². The van der Waals surface area contributed by atoms with E-state index in [1.807, 2.05) is 6.07 Å². The third-order valence-electron chi connectivity index (χ3n) is 5.45. The van der Waals surface area contributed by atoms with Crippen LogP contribution in [0.2, 0.25) is 25.7 Å². The molecule has 2 aromatic carbocycles. The molecule has 0 aliphatic carbocycles. The van der Waals surface area contributed by atoms with Gasteiger partial charge in [0.2, 0.25) is 10.0 Å². The molecule has 0 bridgehead atoms. The molecule has 8 nitrogen and oxygen atoms in total. The predicted octanol–water partition coefficient (Wildman–Crippen LogP) is 3.74. The maximum Gasteiger partial charge on any atom is 0.348 e. The number of benzene rings is 2. The Balaban J connectivity index is 1.93. The number of nitrogens with zero attached hydrogens (tertiary/aromatic N) is 1. The van der Waals surface area contributed by atoms with Crippen molar-refractivity contribution < 1.29 is 27.5 Å². The van der Waals surface area contributed by atoms with Crippen molar-refractivity contribution in [2.24, 2.45) is 5.73 Å². The molecule has 0 aliphatic heterocycles. The summed E-state index contributed by atoms with van der Waals surface area (Å²) in [6, 6.07) is 16.1. The van der Waals surface area contributed by atoms with Crippen LogP contribution < -0.4 is 5.73 Å². The fourth-order valence-corrected chi connectivity index (χ4v) is 7.80. The van der Waals surface area contributed by atoms with Gasteiger partial charge in [-0.3, -0.25) is 0 Å². The summed E-state index contributed by atoms with van der Waals surface area (Å²) in [7, 11) is -3.92. The van der Waals surface area contributed by atoms with Crippen LogP contribution in [0.4, 0.5) is 0 Å². The molecule has 2 N–H and O–H groups in total. The molecule has 10 heteroatoms. The summed E-state index contributed by atoms with van der Waals surface area (Å²) in [5.41, 5.74) is 7.29. The Labute approximate surface area is 206 Å². The van der Waals surface area contributed by atoms with Gasteiger partial charge in [0, 0.05) is 19.7 Å². The van der Waals surface area contributed by atoms with Gasteiger partial charge in [-0.1, -0.05) is 56.0 Å². The average Bonchev–Trinajstić information content (AvgIpc) is 3.26. The number of rotatable bonds is 9. The molecule has 0 amide bonds. The second-order valence-electron chi connectivity index (χ2n) is 9.35. The molecule has 0 spiro atoms. The van der Waals surface area contributed by atoms with Crippen LogP contribution >= 0.6 is 0 Å². The van der Waals surface area contributed by atoms with Crippen LogP contribution in [0.25, 0.3) is 16.6 Å². The maximum absolute atomic E-state index is 12.9. The van der Waals surface area contributed by atoms with Crippen LogP contribution in [-0.4, -0.2) is 45.3 Å². The number of carbonyl (C=O) groups excluding carboxylic acids is 2. The highest BCUT2D eigenvalue weighted by atomic mass is 32.2. The molecule has 0 fully saturated rings. The van der Waals surface area contributed by atoms with Gasteiger partial charge in [-0.15, -0.1) is 0 Å². The second-order valence-corrected chi connectivity index (χ2v) is 16.9. The lowest BCUT2D eigenvalue weighted by molar-refractivity contribution is -0.146. The zero-order chi connectivity index (χ0) is 25.8. The molecule has 0 saturated carbocycles. The molecule has 1 heterocycles. The van der Waals surface area contributed by atoms with Crippen molar-refractivity contribution in [2.45, 2.75) is 32.3 Å². The minimum Gasteiger partial charge on any atom is -0.465 e. The lowest BCUT2D eigenvalue weighted by Gasteiger charge is -2.16. The van der Waals surface area contributed by atoms with Crippen LogP contribution in [-0.2, 0) is 35.7 Å². The van der Waals surface area contributed by atoms with Crippen molar-refractivity contribution >= 4 is 46.6 Å². The molecule has 0 radical (unpaired) electrons. The Morgan fingerprint density at radius 2 is 1.69 bits per heavy atom. The molecule has 1 aromatic heterocycles. The van der Waals surface area contributed by atoms with E-state index in [0.717, 1.165) is 12.7 Å². The van der Waals surface area contributed by atoms with E-state index in [4.69, 9.17) is 15.2 Å². The molecule has 3 aromatic rings. The van der Waals surface area contributed by atoms with Gasteiger partial charge in [-0.05, 0) is 35.4 Å². The fraction of sp³-hybridized carbons (Fsp3) is 0.280. The Morgan fingerprint density at radius 3 is 2.31 bits per heavy atom. The SMILES string of the molecule is COC(=O)C(C(=O)OCc1ccccc1)=C(N)c1ccc2c(ccn2S(=O)(=O)CC[Si](C)(C)C)c1. The third kappa shape index (κ3) is 6.40. The molecular weight excluding hydrogens is 484 g/mol. The van der Waals surface area contributed by atoms with Crippen molar-refractivity contribution in [3.8, 4) is 0 Å². The van der Waals surface area contributed by atoms with Crippen LogP contribution in [0, 0.1) is 0 Å². The van der Waals surface area contributed by atoms with Gasteiger partial charge in [0.05, 0.1) is 24.1 Å². The number of fused-ring (bicyclic) bond motifs is 1. The molecule has 186 valence electrons. The van der Waals surface area contributed by atoms with E-state index in [9.17, 15) is 18.0 Å². The van der Waals surface area contributed by atoms with Crippen molar-refractivity contribution in [3.05, 3.63) is 77.5 Å². The van der Waals surface area contributed by atoms with E-state index in [1.54, 1.807) is 48.5 Å². The van der Waals surface area contributed by atoms with Gasteiger partial charge < -0.3 is 15.2 Å². The van der Waals surface area contributed by atoms with Gasteiger partial charge >= 0.3 is 11.9 Å². The summed E-state index contributed by atoms with van der Waals surface area (Å²) in [4.78, 5) is 25.1. The number of aromatic nitrogens is 1. The first kappa shape index (κ1) is 26.2. The van der Waals surface area contributed by atoms with Crippen molar-refractivity contribution in [2.75, 3.05) is 12.9 Å². The van der Waals surface area contributed by atoms with E-state index in [0.29, 0.717) is 22.5 Å². The lowest BCUT2D eigenvalue weighted by atomic mass is 10.0. The second kappa shape index (κ2) is 10.5. The first-order chi connectivity index (χ1) is 16.4. The monoisotopic (exact) mass is 514 g/mol. The number of carbonyl (C=O) groups is 2. The van der Waals surface area contributed by atoms with Crippen LogP contribution in [0.1, 0.15) is 11.1 Å². The smallest absolute Gasteiger partial charge is 0.348 e. The van der Waals surface area contributed by atoms with Crippen molar-refractivity contribution in [1.29, 1.82) is 0 Å². The number of hydrogen-bond donors (Lipinski definition) is 1. The van der Waals surface area contributed by atoms with E-state index >= 15 is 0 Å². The molecule has 0 saturated heterocycles.